The monoisotopic (exact) mass is 157 g/mol. The molecule has 0 unspecified atom stereocenters. The second-order valence-electron chi connectivity index (χ2n) is 4.42. The van der Waals surface area contributed by atoms with Gasteiger partial charge in [0.15, 0.2) is 0 Å². The van der Waals surface area contributed by atoms with Crippen molar-refractivity contribution in [3.8, 4) is 0 Å². The van der Waals surface area contributed by atoms with Crippen molar-refractivity contribution in [2.75, 3.05) is 20.6 Å². The summed E-state index contributed by atoms with van der Waals surface area (Å²) in [6, 6.07) is 0. The van der Waals surface area contributed by atoms with Gasteiger partial charge in [-0.3, -0.25) is 0 Å². The Labute approximate surface area is 71.8 Å². The summed E-state index contributed by atoms with van der Waals surface area (Å²) < 4.78 is 0. The van der Waals surface area contributed by atoms with Crippen molar-refractivity contribution in [1.29, 1.82) is 0 Å². The fraction of sp³-hybridized carbons (Fsp3) is 1.00. The first kappa shape index (κ1) is 11.0. The maximum atomic E-state index is 2.35. The SMILES string of the molecule is CCC(C)(C)CCCN(C)C. The molecule has 0 aromatic rings. The minimum Gasteiger partial charge on any atom is -0.309 e. The predicted octanol–water partition coefficient (Wildman–Crippen LogP) is 2.76. The lowest BCUT2D eigenvalue weighted by Crippen LogP contribution is -2.17. The Morgan fingerprint density at radius 3 is 2.09 bits per heavy atom. The van der Waals surface area contributed by atoms with E-state index >= 15 is 0 Å². The van der Waals surface area contributed by atoms with E-state index in [1.54, 1.807) is 0 Å². The van der Waals surface area contributed by atoms with Gasteiger partial charge in [-0.1, -0.05) is 27.2 Å². The Kier molecular flexibility index (Phi) is 4.74. The zero-order valence-corrected chi connectivity index (χ0v) is 8.78. The van der Waals surface area contributed by atoms with Crippen LogP contribution in [0.4, 0.5) is 0 Å². The van der Waals surface area contributed by atoms with Crippen molar-refractivity contribution in [3.63, 3.8) is 0 Å². The topological polar surface area (TPSA) is 3.24 Å². The third-order valence-corrected chi connectivity index (χ3v) is 2.42. The van der Waals surface area contributed by atoms with Crippen LogP contribution in [0.2, 0.25) is 0 Å². The largest absolute Gasteiger partial charge is 0.309 e. The second kappa shape index (κ2) is 4.76. The van der Waals surface area contributed by atoms with E-state index in [0.29, 0.717) is 5.41 Å². The summed E-state index contributed by atoms with van der Waals surface area (Å²) in [6.45, 7) is 8.20. The highest BCUT2D eigenvalue weighted by Crippen LogP contribution is 2.25. The Bertz CT molecular complexity index is 95.0. The molecule has 1 heteroatoms. The highest BCUT2D eigenvalue weighted by Gasteiger charge is 2.13. The molecule has 0 amide bonds. The van der Waals surface area contributed by atoms with Crippen molar-refractivity contribution in [2.24, 2.45) is 5.41 Å². The Hall–Kier alpha value is -0.0400. The van der Waals surface area contributed by atoms with Crippen LogP contribution in [0.25, 0.3) is 0 Å². The molecule has 0 fully saturated rings. The summed E-state index contributed by atoms with van der Waals surface area (Å²) in [5, 5.41) is 0. The quantitative estimate of drug-likeness (QED) is 0.593. The summed E-state index contributed by atoms with van der Waals surface area (Å²) >= 11 is 0. The van der Waals surface area contributed by atoms with Crippen molar-refractivity contribution in [1.82, 2.24) is 4.90 Å². The summed E-state index contributed by atoms with van der Waals surface area (Å²) in [7, 11) is 4.28. The Morgan fingerprint density at radius 1 is 1.18 bits per heavy atom. The van der Waals surface area contributed by atoms with E-state index in [2.05, 4.69) is 39.8 Å². The third kappa shape index (κ3) is 6.36. The van der Waals surface area contributed by atoms with Gasteiger partial charge < -0.3 is 4.90 Å². The number of rotatable bonds is 5. The molecule has 0 aromatic heterocycles. The second-order valence-corrected chi connectivity index (χ2v) is 4.42. The molecule has 68 valence electrons. The minimum atomic E-state index is 0.552. The zero-order chi connectivity index (χ0) is 8.91. The molecule has 0 atom stereocenters. The smallest absolute Gasteiger partial charge is 0.00246 e. The van der Waals surface area contributed by atoms with Crippen LogP contribution in [0.3, 0.4) is 0 Å². The molecular formula is C10H23N. The molecule has 0 N–H and O–H groups in total. The van der Waals surface area contributed by atoms with Gasteiger partial charge in [0.1, 0.15) is 0 Å². The lowest BCUT2D eigenvalue weighted by molar-refractivity contribution is 0.286. The number of nitrogens with zero attached hydrogens (tertiary/aromatic N) is 1. The van der Waals surface area contributed by atoms with Crippen LogP contribution < -0.4 is 0 Å². The molecule has 1 nitrogen and oxygen atoms in total. The van der Waals surface area contributed by atoms with Crippen molar-refractivity contribution >= 4 is 0 Å². The molecule has 0 aliphatic rings. The fourth-order valence-electron chi connectivity index (χ4n) is 1.05. The molecule has 0 saturated carbocycles. The van der Waals surface area contributed by atoms with Crippen molar-refractivity contribution in [2.45, 2.75) is 40.0 Å². The van der Waals surface area contributed by atoms with Gasteiger partial charge in [-0.2, -0.15) is 0 Å². The average molecular weight is 157 g/mol. The van der Waals surface area contributed by atoms with Crippen LogP contribution in [0.1, 0.15) is 40.0 Å². The Morgan fingerprint density at radius 2 is 1.73 bits per heavy atom. The summed E-state index contributed by atoms with van der Waals surface area (Å²) in [4.78, 5) is 2.26. The lowest BCUT2D eigenvalue weighted by atomic mass is 9.85. The van der Waals surface area contributed by atoms with Gasteiger partial charge in [-0.25, -0.2) is 0 Å². The predicted molar refractivity (Wildman–Crippen MR) is 51.9 cm³/mol. The molecule has 0 aliphatic heterocycles. The summed E-state index contributed by atoms with van der Waals surface area (Å²) in [6.07, 6.45) is 3.97. The van der Waals surface area contributed by atoms with Crippen LogP contribution in [0.15, 0.2) is 0 Å². The van der Waals surface area contributed by atoms with E-state index in [0.717, 1.165) is 0 Å². The van der Waals surface area contributed by atoms with E-state index < -0.39 is 0 Å². The van der Waals surface area contributed by atoms with Crippen molar-refractivity contribution in [3.05, 3.63) is 0 Å². The highest BCUT2D eigenvalue weighted by atomic mass is 15.0. The molecule has 0 heterocycles. The van der Waals surface area contributed by atoms with Gasteiger partial charge in [0.25, 0.3) is 0 Å². The van der Waals surface area contributed by atoms with Gasteiger partial charge in [-0.15, -0.1) is 0 Å². The van der Waals surface area contributed by atoms with Crippen LogP contribution in [-0.4, -0.2) is 25.5 Å². The minimum absolute atomic E-state index is 0.552. The van der Waals surface area contributed by atoms with E-state index in [1.165, 1.54) is 25.8 Å². The van der Waals surface area contributed by atoms with E-state index in [9.17, 15) is 0 Å². The summed E-state index contributed by atoms with van der Waals surface area (Å²) in [5.74, 6) is 0. The normalized spacial score (nSPS) is 12.5. The van der Waals surface area contributed by atoms with Crippen LogP contribution in [0, 0.1) is 5.41 Å². The number of hydrogen-bond acceptors (Lipinski definition) is 1. The molecular weight excluding hydrogens is 134 g/mol. The molecule has 11 heavy (non-hydrogen) atoms. The average Bonchev–Trinajstić information content (AvgIpc) is 1.87. The van der Waals surface area contributed by atoms with E-state index in [-0.39, 0.29) is 0 Å². The van der Waals surface area contributed by atoms with Gasteiger partial charge in [0, 0.05) is 0 Å². The zero-order valence-electron chi connectivity index (χ0n) is 8.78. The molecule has 0 bridgehead atoms. The first-order valence-electron chi connectivity index (χ1n) is 4.62. The lowest BCUT2D eigenvalue weighted by Gasteiger charge is -2.23. The van der Waals surface area contributed by atoms with Gasteiger partial charge in [0.2, 0.25) is 0 Å². The summed E-state index contributed by atoms with van der Waals surface area (Å²) in [5.41, 5.74) is 0.552. The van der Waals surface area contributed by atoms with E-state index in [4.69, 9.17) is 0 Å². The van der Waals surface area contributed by atoms with Crippen molar-refractivity contribution < 1.29 is 0 Å². The molecule has 0 saturated heterocycles. The first-order chi connectivity index (χ1) is 4.98. The molecule has 0 rings (SSSR count). The van der Waals surface area contributed by atoms with Gasteiger partial charge in [0.05, 0.1) is 0 Å². The van der Waals surface area contributed by atoms with Crippen LogP contribution in [-0.2, 0) is 0 Å². The fourth-order valence-corrected chi connectivity index (χ4v) is 1.05. The molecule has 0 radical (unpaired) electrons. The molecule has 0 aromatic carbocycles. The van der Waals surface area contributed by atoms with Crippen LogP contribution >= 0.6 is 0 Å². The third-order valence-electron chi connectivity index (χ3n) is 2.42. The standard InChI is InChI=1S/C10H23N/c1-6-10(2,3)8-7-9-11(4)5/h6-9H2,1-5H3. The van der Waals surface area contributed by atoms with Crippen LogP contribution in [0.5, 0.6) is 0 Å². The maximum Gasteiger partial charge on any atom is -0.00246 e. The number of hydrogen-bond donors (Lipinski definition) is 0. The molecule has 0 spiro atoms. The van der Waals surface area contributed by atoms with E-state index in [1.807, 2.05) is 0 Å². The molecule has 0 aliphatic carbocycles. The maximum absolute atomic E-state index is 2.35. The first-order valence-corrected chi connectivity index (χ1v) is 4.62. The highest BCUT2D eigenvalue weighted by molar-refractivity contribution is 4.66. The Balaban J connectivity index is 3.38. The van der Waals surface area contributed by atoms with Gasteiger partial charge >= 0.3 is 0 Å². The van der Waals surface area contributed by atoms with Gasteiger partial charge in [-0.05, 0) is 38.9 Å².